The maximum atomic E-state index is 13.5. The zero-order chi connectivity index (χ0) is 55.0. The third-order valence-corrected chi connectivity index (χ3v) is 14.6. The summed E-state index contributed by atoms with van der Waals surface area (Å²) in [4.78, 5) is 39.9. The summed E-state index contributed by atoms with van der Waals surface area (Å²) >= 11 is 0. The molecule has 0 bridgehead atoms. The lowest BCUT2D eigenvalue weighted by Gasteiger charge is -2.30. The molecular formula is C65H119N2O7P. The molecule has 0 aliphatic rings. The summed E-state index contributed by atoms with van der Waals surface area (Å²) in [6, 6.07) is -0.894. The molecule has 1 amide bonds. The van der Waals surface area contributed by atoms with E-state index < -0.39 is 26.6 Å². The number of hydrogen-bond acceptors (Lipinski definition) is 7. The van der Waals surface area contributed by atoms with Gasteiger partial charge >= 0.3 is 5.97 Å². The molecule has 0 rings (SSSR count). The largest absolute Gasteiger partial charge is 0.756 e. The smallest absolute Gasteiger partial charge is 0.306 e. The maximum absolute atomic E-state index is 13.5. The van der Waals surface area contributed by atoms with Crippen LogP contribution in [-0.4, -0.2) is 69.4 Å². The summed E-state index contributed by atoms with van der Waals surface area (Å²) in [6.07, 6.45) is 70.2. The number of amides is 1. The van der Waals surface area contributed by atoms with Crippen molar-refractivity contribution in [2.75, 3.05) is 40.9 Å². The average Bonchev–Trinajstić information content (AvgIpc) is 3.37. The number of esters is 1. The van der Waals surface area contributed by atoms with Gasteiger partial charge in [-0.05, 0) is 96.0 Å². The molecule has 0 fully saturated rings. The molecule has 9 nitrogen and oxygen atoms in total. The number of likely N-dealkylation sites (N-methyl/N-ethyl adjacent to an activating group) is 1. The number of hydrogen-bond donors (Lipinski definition) is 1. The topological polar surface area (TPSA) is 114 Å². The van der Waals surface area contributed by atoms with Crippen LogP contribution in [0.15, 0.2) is 72.9 Å². The zero-order valence-corrected chi connectivity index (χ0v) is 50.6. The average molecular weight is 1070 g/mol. The standard InChI is InChI=1S/C65H119N2O7P/c1-7-10-13-16-19-22-25-26-27-28-29-30-31-32-33-34-35-36-37-38-39-40-43-45-48-51-54-57-64(68)66-62(61-73-75(70,71)72-60-59-67(4,5)6)63(56-53-50-47-44-41-23-20-17-14-11-8-2)74-65(69)58-55-52-49-46-42-24-21-18-15-12-9-3/h18-19,21-22,26-27,29-30,32-33,53,56,62-63H,7-17,20,23-25,28,31,34-52,54-55,57-61H2,1-6H3,(H-,66,68,70,71)/b21-18-,22-19-,27-26-,30-29-,33-32-,56-53-. The number of nitrogens with one attached hydrogen (secondary N) is 1. The Morgan fingerprint density at radius 2 is 0.827 bits per heavy atom. The Balaban J connectivity index is 5.02. The molecular weight excluding hydrogens is 952 g/mol. The molecule has 0 aliphatic heterocycles. The van der Waals surface area contributed by atoms with Crippen LogP contribution in [0.1, 0.15) is 278 Å². The van der Waals surface area contributed by atoms with E-state index in [9.17, 15) is 19.0 Å². The Hall–Kier alpha value is -2.55. The molecule has 3 atom stereocenters. The van der Waals surface area contributed by atoms with Gasteiger partial charge in [0.15, 0.2) is 0 Å². The number of allylic oxidation sites excluding steroid dienone is 11. The molecule has 0 radical (unpaired) electrons. The second-order valence-corrected chi connectivity index (χ2v) is 23.6. The first kappa shape index (κ1) is 72.5. The first-order valence-electron chi connectivity index (χ1n) is 31.2. The van der Waals surface area contributed by atoms with E-state index in [1.54, 1.807) is 0 Å². The van der Waals surface area contributed by atoms with Crippen LogP contribution in [0.4, 0.5) is 0 Å². The number of ether oxygens (including phenoxy) is 1. The predicted octanol–water partition coefficient (Wildman–Crippen LogP) is 18.6. The molecule has 10 heteroatoms. The molecule has 436 valence electrons. The van der Waals surface area contributed by atoms with Gasteiger partial charge in [-0.25, -0.2) is 0 Å². The number of carbonyl (C=O) groups excluding carboxylic acids is 2. The molecule has 0 aliphatic carbocycles. The maximum Gasteiger partial charge on any atom is 0.306 e. The first-order valence-corrected chi connectivity index (χ1v) is 32.7. The quantitative estimate of drug-likeness (QED) is 0.0212. The van der Waals surface area contributed by atoms with Crippen molar-refractivity contribution in [1.29, 1.82) is 0 Å². The predicted molar refractivity (Wildman–Crippen MR) is 321 cm³/mol. The van der Waals surface area contributed by atoms with Crippen LogP contribution in [0.25, 0.3) is 0 Å². The molecule has 1 N–H and O–H groups in total. The van der Waals surface area contributed by atoms with Crippen molar-refractivity contribution in [2.45, 2.75) is 290 Å². The van der Waals surface area contributed by atoms with Crippen LogP contribution in [0.3, 0.4) is 0 Å². The Bertz CT molecular complexity index is 1510. The van der Waals surface area contributed by atoms with Crippen molar-refractivity contribution in [3.05, 3.63) is 72.9 Å². The Kier molecular flexibility index (Phi) is 52.9. The highest BCUT2D eigenvalue weighted by molar-refractivity contribution is 7.45. The van der Waals surface area contributed by atoms with E-state index >= 15 is 0 Å². The number of phosphoric ester groups is 1. The van der Waals surface area contributed by atoms with Crippen LogP contribution < -0.4 is 10.2 Å². The van der Waals surface area contributed by atoms with Crippen molar-refractivity contribution in [3.63, 3.8) is 0 Å². The fourth-order valence-corrected chi connectivity index (χ4v) is 9.44. The van der Waals surface area contributed by atoms with Crippen LogP contribution in [0, 0.1) is 0 Å². The SMILES string of the molecule is CCCC/C=C\CCCCCCCC(=O)OC(/C=C\CCCCCCCCCCC)C(COP(=O)([O-])OCC[N+](C)(C)C)NC(=O)CCCCCCCCCCCCC/C=C\C/C=C\C/C=C\C/C=C\CCCCC. The van der Waals surface area contributed by atoms with E-state index in [0.717, 1.165) is 109 Å². The van der Waals surface area contributed by atoms with Crippen LogP contribution in [0.2, 0.25) is 0 Å². The molecule has 0 heterocycles. The third-order valence-electron chi connectivity index (χ3n) is 13.6. The van der Waals surface area contributed by atoms with Crippen LogP contribution >= 0.6 is 7.82 Å². The van der Waals surface area contributed by atoms with Gasteiger partial charge in [-0.15, -0.1) is 0 Å². The number of phosphoric acid groups is 1. The van der Waals surface area contributed by atoms with Crippen LogP contribution in [-0.2, 0) is 27.9 Å². The van der Waals surface area contributed by atoms with Gasteiger partial charge in [-0.2, -0.15) is 0 Å². The lowest BCUT2D eigenvalue weighted by molar-refractivity contribution is -0.870. The fourth-order valence-electron chi connectivity index (χ4n) is 8.72. The minimum atomic E-state index is -4.70. The molecule has 3 unspecified atom stereocenters. The minimum absolute atomic E-state index is 0.0259. The number of nitrogens with zero attached hydrogens (tertiary/aromatic N) is 1. The molecule has 0 aromatic carbocycles. The summed E-state index contributed by atoms with van der Waals surface area (Å²) < 4.78 is 30.2. The van der Waals surface area contributed by atoms with Gasteiger partial charge in [0.1, 0.15) is 19.3 Å². The second kappa shape index (κ2) is 54.8. The molecule has 0 aromatic rings. The van der Waals surface area contributed by atoms with Gasteiger partial charge in [-0.3, -0.25) is 14.2 Å². The second-order valence-electron chi connectivity index (χ2n) is 22.2. The van der Waals surface area contributed by atoms with Gasteiger partial charge in [0, 0.05) is 12.8 Å². The summed E-state index contributed by atoms with van der Waals surface area (Å²) in [5, 5.41) is 3.02. The summed E-state index contributed by atoms with van der Waals surface area (Å²) in [6.45, 7) is 6.76. The highest BCUT2D eigenvalue weighted by Crippen LogP contribution is 2.38. The Labute approximate surface area is 463 Å². The van der Waals surface area contributed by atoms with Gasteiger partial charge < -0.3 is 28.5 Å². The van der Waals surface area contributed by atoms with Crippen LogP contribution in [0.5, 0.6) is 0 Å². The summed E-state index contributed by atoms with van der Waals surface area (Å²) in [7, 11) is 1.17. The van der Waals surface area contributed by atoms with Gasteiger partial charge in [0.2, 0.25) is 5.91 Å². The van der Waals surface area contributed by atoms with Gasteiger partial charge in [0.25, 0.3) is 7.82 Å². The Morgan fingerprint density at radius 1 is 0.467 bits per heavy atom. The van der Waals surface area contributed by atoms with E-state index in [1.165, 1.54) is 135 Å². The highest BCUT2D eigenvalue weighted by atomic mass is 31.2. The molecule has 0 saturated carbocycles. The summed E-state index contributed by atoms with van der Waals surface area (Å²) in [5.74, 6) is -0.555. The van der Waals surface area contributed by atoms with Gasteiger partial charge in [-0.1, -0.05) is 242 Å². The van der Waals surface area contributed by atoms with Crippen molar-refractivity contribution in [3.8, 4) is 0 Å². The lowest BCUT2D eigenvalue weighted by Crippen LogP contribution is -2.47. The number of quaternary nitrogens is 1. The molecule has 0 aromatic heterocycles. The van der Waals surface area contributed by atoms with E-state index in [2.05, 4.69) is 86.8 Å². The molecule has 0 saturated heterocycles. The summed E-state index contributed by atoms with van der Waals surface area (Å²) in [5.41, 5.74) is 0. The fraction of sp³-hybridized carbons (Fsp3) is 0.785. The monoisotopic (exact) mass is 1070 g/mol. The zero-order valence-electron chi connectivity index (χ0n) is 49.7. The highest BCUT2D eigenvalue weighted by Gasteiger charge is 2.27. The van der Waals surface area contributed by atoms with Gasteiger partial charge in [0.05, 0.1) is 33.8 Å². The van der Waals surface area contributed by atoms with E-state index in [1.807, 2.05) is 33.3 Å². The molecule has 0 spiro atoms. The lowest BCUT2D eigenvalue weighted by atomic mass is 10.0. The number of unbranched alkanes of at least 4 members (excludes halogenated alkanes) is 30. The van der Waals surface area contributed by atoms with Crippen molar-refractivity contribution < 1.29 is 37.3 Å². The van der Waals surface area contributed by atoms with Crippen molar-refractivity contribution in [2.24, 2.45) is 0 Å². The van der Waals surface area contributed by atoms with Crippen molar-refractivity contribution in [1.82, 2.24) is 5.32 Å². The Morgan fingerprint density at radius 3 is 1.29 bits per heavy atom. The first-order chi connectivity index (χ1) is 36.4. The third kappa shape index (κ3) is 56.0. The number of rotatable bonds is 56. The van der Waals surface area contributed by atoms with E-state index in [-0.39, 0.29) is 24.9 Å². The normalized spacial score (nSPS) is 14.2. The minimum Gasteiger partial charge on any atom is -0.756 e. The van der Waals surface area contributed by atoms with Crippen molar-refractivity contribution >= 4 is 19.7 Å². The number of carbonyl (C=O) groups is 2. The van der Waals surface area contributed by atoms with E-state index in [4.69, 9.17) is 13.8 Å². The van der Waals surface area contributed by atoms with E-state index in [0.29, 0.717) is 17.4 Å². The molecule has 75 heavy (non-hydrogen) atoms.